The van der Waals surface area contributed by atoms with E-state index in [0.29, 0.717) is 24.7 Å². The Morgan fingerprint density at radius 2 is 2.33 bits per heavy atom. The Labute approximate surface area is 124 Å². The van der Waals surface area contributed by atoms with Crippen LogP contribution in [0.2, 0.25) is 0 Å². The molecule has 1 atom stereocenters. The molecule has 1 aromatic rings. The van der Waals surface area contributed by atoms with Crippen LogP contribution in [0.15, 0.2) is 0 Å². The predicted molar refractivity (Wildman–Crippen MR) is 79.8 cm³/mol. The zero-order valence-corrected chi connectivity index (χ0v) is 13.0. The standard InChI is InChI=1S/C13H23N5O3/c1-9(2)11-12(18(19)20)13(17(4)15-11)16(3)8-10-7-14-5-6-21-10/h9-10,14H,5-8H2,1-4H3. The zero-order valence-electron chi connectivity index (χ0n) is 13.0. The van der Waals surface area contributed by atoms with E-state index in [2.05, 4.69) is 10.4 Å². The average Bonchev–Trinajstić information content (AvgIpc) is 2.78. The number of anilines is 1. The lowest BCUT2D eigenvalue weighted by Crippen LogP contribution is -2.44. The fraction of sp³-hybridized carbons (Fsp3) is 0.769. The number of rotatable bonds is 5. The molecule has 1 aliphatic rings. The molecule has 0 saturated carbocycles. The SMILES string of the molecule is CC(C)c1nn(C)c(N(C)CC2CNCCO2)c1[N+](=O)[O-]. The molecule has 0 spiro atoms. The number of hydrogen-bond donors (Lipinski definition) is 1. The monoisotopic (exact) mass is 297 g/mol. The molecule has 2 rings (SSSR count). The quantitative estimate of drug-likeness (QED) is 0.641. The van der Waals surface area contributed by atoms with Crippen molar-refractivity contribution in [1.82, 2.24) is 15.1 Å². The van der Waals surface area contributed by atoms with E-state index in [1.165, 1.54) is 0 Å². The molecule has 0 amide bonds. The van der Waals surface area contributed by atoms with Crippen LogP contribution in [0.4, 0.5) is 11.5 Å². The molecular weight excluding hydrogens is 274 g/mol. The first kappa shape index (κ1) is 15.7. The van der Waals surface area contributed by atoms with Gasteiger partial charge >= 0.3 is 5.69 Å². The van der Waals surface area contributed by atoms with Crippen LogP contribution < -0.4 is 10.2 Å². The Kier molecular flexibility index (Phi) is 4.79. The number of nitrogens with one attached hydrogen (secondary N) is 1. The molecule has 8 nitrogen and oxygen atoms in total. The first-order valence-corrected chi connectivity index (χ1v) is 7.16. The summed E-state index contributed by atoms with van der Waals surface area (Å²) in [7, 11) is 3.58. The third kappa shape index (κ3) is 3.33. The second kappa shape index (κ2) is 6.40. The van der Waals surface area contributed by atoms with Gasteiger partial charge in [0.2, 0.25) is 5.82 Å². The zero-order chi connectivity index (χ0) is 15.6. The van der Waals surface area contributed by atoms with Gasteiger partial charge in [-0.3, -0.25) is 10.1 Å². The van der Waals surface area contributed by atoms with Crippen molar-refractivity contribution in [3.63, 3.8) is 0 Å². The molecule has 1 unspecified atom stereocenters. The van der Waals surface area contributed by atoms with Crippen LogP contribution in [-0.4, -0.2) is 54.1 Å². The van der Waals surface area contributed by atoms with E-state index in [9.17, 15) is 10.1 Å². The summed E-state index contributed by atoms with van der Waals surface area (Å²) in [5.74, 6) is 0.532. The highest BCUT2D eigenvalue weighted by molar-refractivity contribution is 5.62. The van der Waals surface area contributed by atoms with E-state index in [1.54, 1.807) is 11.7 Å². The maximum absolute atomic E-state index is 11.4. The van der Waals surface area contributed by atoms with Gasteiger partial charge in [0.25, 0.3) is 0 Å². The molecule has 2 heterocycles. The molecule has 0 bridgehead atoms. The lowest BCUT2D eigenvalue weighted by Gasteiger charge is -2.28. The number of likely N-dealkylation sites (N-methyl/N-ethyl adjacent to an activating group) is 1. The normalized spacial score (nSPS) is 19.0. The van der Waals surface area contributed by atoms with E-state index in [0.717, 1.165) is 13.1 Å². The Morgan fingerprint density at radius 1 is 1.62 bits per heavy atom. The van der Waals surface area contributed by atoms with Gasteiger partial charge in [0.15, 0.2) is 0 Å². The third-order valence-electron chi connectivity index (χ3n) is 3.59. The number of ether oxygens (including phenoxy) is 1. The minimum atomic E-state index is -0.339. The molecule has 1 fully saturated rings. The molecule has 1 N–H and O–H groups in total. The minimum Gasteiger partial charge on any atom is -0.374 e. The smallest absolute Gasteiger partial charge is 0.334 e. The van der Waals surface area contributed by atoms with Crippen molar-refractivity contribution in [2.45, 2.75) is 25.9 Å². The number of aryl methyl sites for hydroxylation is 1. The third-order valence-corrected chi connectivity index (χ3v) is 3.59. The van der Waals surface area contributed by atoms with Crippen LogP contribution in [0, 0.1) is 10.1 Å². The molecule has 0 radical (unpaired) electrons. The topological polar surface area (TPSA) is 85.5 Å². The number of nitro groups is 1. The Bertz CT molecular complexity index is 508. The maximum atomic E-state index is 11.4. The van der Waals surface area contributed by atoms with Crippen molar-refractivity contribution >= 4 is 11.5 Å². The second-order valence-corrected chi connectivity index (χ2v) is 5.67. The van der Waals surface area contributed by atoms with Gasteiger partial charge in [-0.25, -0.2) is 4.68 Å². The molecular formula is C13H23N5O3. The van der Waals surface area contributed by atoms with Crippen LogP contribution in [0.25, 0.3) is 0 Å². The summed E-state index contributed by atoms with van der Waals surface area (Å²) in [6.45, 7) is 6.69. The number of nitrogens with zero attached hydrogens (tertiary/aromatic N) is 4. The van der Waals surface area contributed by atoms with Gasteiger partial charge in [-0.05, 0) is 0 Å². The Balaban J connectivity index is 2.26. The van der Waals surface area contributed by atoms with E-state index in [-0.39, 0.29) is 22.6 Å². The largest absolute Gasteiger partial charge is 0.374 e. The van der Waals surface area contributed by atoms with Crippen molar-refractivity contribution in [2.75, 3.05) is 38.2 Å². The van der Waals surface area contributed by atoms with Crippen molar-refractivity contribution in [3.05, 3.63) is 15.8 Å². The summed E-state index contributed by atoms with van der Waals surface area (Å²) in [6.07, 6.45) is 0.0285. The summed E-state index contributed by atoms with van der Waals surface area (Å²) in [4.78, 5) is 13.0. The summed E-state index contributed by atoms with van der Waals surface area (Å²) in [5, 5.41) is 19.0. The van der Waals surface area contributed by atoms with Crippen molar-refractivity contribution in [2.24, 2.45) is 7.05 Å². The molecule has 118 valence electrons. The Morgan fingerprint density at radius 3 is 2.86 bits per heavy atom. The van der Waals surface area contributed by atoms with Gasteiger partial charge in [-0.15, -0.1) is 0 Å². The van der Waals surface area contributed by atoms with Crippen molar-refractivity contribution in [1.29, 1.82) is 0 Å². The lowest BCUT2D eigenvalue weighted by atomic mass is 10.1. The van der Waals surface area contributed by atoms with E-state index < -0.39 is 0 Å². The minimum absolute atomic E-state index is 0.00588. The lowest BCUT2D eigenvalue weighted by molar-refractivity contribution is -0.385. The van der Waals surface area contributed by atoms with Crippen LogP contribution in [0.1, 0.15) is 25.5 Å². The fourth-order valence-corrected chi connectivity index (χ4v) is 2.64. The number of morpholine rings is 1. The van der Waals surface area contributed by atoms with Crippen molar-refractivity contribution < 1.29 is 9.66 Å². The number of aromatic nitrogens is 2. The number of hydrogen-bond acceptors (Lipinski definition) is 6. The fourth-order valence-electron chi connectivity index (χ4n) is 2.64. The first-order valence-electron chi connectivity index (χ1n) is 7.16. The summed E-state index contributed by atoms with van der Waals surface area (Å²) >= 11 is 0. The van der Waals surface area contributed by atoms with E-state index in [4.69, 9.17) is 4.74 Å². The van der Waals surface area contributed by atoms with Crippen LogP contribution in [-0.2, 0) is 11.8 Å². The molecule has 0 aromatic carbocycles. The summed E-state index contributed by atoms with van der Waals surface area (Å²) in [6, 6.07) is 0. The average molecular weight is 297 g/mol. The Hall–Kier alpha value is -1.67. The summed E-state index contributed by atoms with van der Waals surface area (Å²) in [5.41, 5.74) is 0.616. The van der Waals surface area contributed by atoms with Gasteiger partial charge in [-0.2, -0.15) is 5.10 Å². The molecule has 1 aliphatic heterocycles. The molecule has 21 heavy (non-hydrogen) atoms. The van der Waals surface area contributed by atoms with E-state index in [1.807, 2.05) is 25.8 Å². The maximum Gasteiger partial charge on any atom is 0.334 e. The summed E-state index contributed by atoms with van der Waals surface area (Å²) < 4.78 is 7.25. The molecule has 8 heteroatoms. The second-order valence-electron chi connectivity index (χ2n) is 5.67. The molecule has 0 aliphatic carbocycles. The molecule has 1 aromatic heterocycles. The highest BCUT2D eigenvalue weighted by Gasteiger charge is 2.31. The van der Waals surface area contributed by atoms with Gasteiger partial charge < -0.3 is 15.0 Å². The highest BCUT2D eigenvalue weighted by Crippen LogP contribution is 2.34. The van der Waals surface area contributed by atoms with Gasteiger partial charge in [0.05, 0.1) is 17.6 Å². The van der Waals surface area contributed by atoms with Crippen LogP contribution >= 0.6 is 0 Å². The van der Waals surface area contributed by atoms with Gasteiger partial charge in [0, 0.05) is 39.6 Å². The first-order chi connectivity index (χ1) is 9.91. The van der Waals surface area contributed by atoms with Crippen molar-refractivity contribution in [3.8, 4) is 0 Å². The predicted octanol–water partition coefficient (Wildman–Crippen LogP) is 0.876. The van der Waals surface area contributed by atoms with Crippen LogP contribution in [0.3, 0.4) is 0 Å². The van der Waals surface area contributed by atoms with Gasteiger partial charge in [0.1, 0.15) is 5.69 Å². The van der Waals surface area contributed by atoms with Gasteiger partial charge in [-0.1, -0.05) is 13.8 Å². The van der Waals surface area contributed by atoms with Crippen LogP contribution in [0.5, 0.6) is 0 Å². The molecule has 1 saturated heterocycles. The van der Waals surface area contributed by atoms with E-state index >= 15 is 0 Å². The highest BCUT2D eigenvalue weighted by atomic mass is 16.6.